The minimum atomic E-state index is -4.73. The Bertz CT molecular complexity index is 534. The van der Waals surface area contributed by atoms with Gasteiger partial charge in [0.1, 0.15) is 5.75 Å². The van der Waals surface area contributed by atoms with E-state index in [9.17, 15) is 13.2 Å². The first kappa shape index (κ1) is 17.3. The summed E-state index contributed by atoms with van der Waals surface area (Å²) in [7, 11) is 1.43. The SMILES string of the molecule is COc1c(C(C)C)ccc(/C(=N/O)C(F)(F)F)c1C(C)C. The van der Waals surface area contributed by atoms with Crippen molar-refractivity contribution in [2.45, 2.75) is 45.7 Å². The number of benzene rings is 1. The molecule has 1 aromatic rings. The topological polar surface area (TPSA) is 41.8 Å². The molecule has 0 saturated carbocycles. The van der Waals surface area contributed by atoms with Crippen LogP contribution in [0.4, 0.5) is 13.2 Å². The van der Waals surface area contributed by atoms with Crippen molar-refractivity contribution in [1.82, 2.24) is 0 Å². The molecule has 6 heteroatoms. The molecule has 0 radical (unpaired) electrons. The molecular weight excluding hydrogens is 283 g/mol. The Labute approximate surface area is 122 Å². The van der Waals surface area contributed by atoms with E-state index in [4.69, 9.17) is 9.94 Å². The van der Waals surface area contributed by atoms with Gasteiger partial charge in [-0.3, -0.25) is 0 Å². The Morgan fingerprint density at radius 3 is 2.05 bits per heavy atom. The smallest absolute Gasteiger partial charge is 0.437 e. The summed E-state index contributed by atoms with van der Waals surface area (Å²) in [5.41, 5.74) is -0.237. The van der Waals surface area contributed by atoms with Crippen molar-refractivity contribution in [3.05, 3.63) is 28.8 Å². The van der Waals surface area contributed by atoms with Crippen LogP contribution in [0.5, 0.6) is 5.75 Å². The van der Waals surface area contributed by atoms with Crippen molar-refractivity contribution in [2.24, 2.45) is 5.16 Å². The molecule has 118 valence electrons. The summed E-state index contributed by atoms with van der Waals surface area (Å²) < 4.78 is 44.4. The van der Waals surface area contributed by atoms with Crippen molar-refractivity contribution in [3.63, 3.8) is 0 Å². The number of hydrogen-bond acceptors (Lipinski definition) is 3. The molecule has 0 atom stereocenters. The molecule has 0 aromatic heterocycles. The van der Waals surface area contributed by atoms with E-state index in [1.165, 1.54) is 13.2 Å². The second-order valence-corrected chi connectivity index (χ2v) is 5.41. The third-order valence-electron chi connectivity index (χ3n) is 3.25. The van der Waals surface area contributed by atoms with Crippen molar-refractivity contribution in [1.29, 1.82) is 0 Å². The molecule has 0 unspecified atom stereocenters. The number of oxime groups is 1. The summed E-state index contributed by atoms with van der Waals surface area (Å²) in [6.07, 6.45) is -4.73. The highest BCUT2D eigenvalue weighted by molar-refractivity contribution is 6.06. The monoisotopic (exact) mass is 303 g/mol. The second-order valence-electron chi connectivity index (χ2n) is 5.41. The molecule has 0 spiro atoms. The molecular formula is C15H20F3NO2. The van der Waals surface area contributed by atoms with Crippen LogP contribution in [0.2, 0.25) is 0 Å². The van der Waals surface area contributed by atoms with Crippen LogP contribution in [-0.4, -0.2) is 24.2 Å². The number of ether oxygens (including phenoxy) is 1. The Hall–Kier alpha value is -1.72. The van der Waals surface area contributed by atoms with Gasteiger partial charge < -0.3 is 9.94 Å². The van der Waals surface area contributed by atoms with Gasteiger partial charge in [-0.05, 0) is 17.4 Å². The van der Waals surface area contributed by atoms with Gasteiger partial charge in [-0.1, -0.05) is 45.0 Å². The molecule has 1 rings (SSSR count). The van der Waals surface area contributed by atoms with Gasteiger partial charge in [0.15, 0.2) is 5.71 Å². The van der Waals surface area contributed by atoms with Crippen molar-refractivity contribution >= 4 is 5.71 Å². The number of nitrogens with zero attached hydrogens (tertiary/aromatic N) is 1. The highest BCUT2D eigenvalue weighted by Gasteiger charge is 2.40. The van der Waals surface area contributed by atoms with E-state index in [-0.39, 0.29) is 17.4 Å². The van der Waals surface area contributed by atoms with Crippen LogP contribution in [-0.2, 0) is 0 Å². The van der Waals surface area contributed by atoms with Crippen LogP contribution in [0.25, 0.3) is 0 Å². The zero-order valence-electron chi connectivity index (χ0n) is 12.7. The molecule has 21 heavy (non-hydrogen) atoms. The summed E-state index contributed by atoms with van der Waals surface area (Å²) in [6, 6.07) is 2.93. The molecule has 0 aliphatic carbocycles. The lowest BCUT2D eigenvalue weighted by molar-refractivity contribution is -0.0601. The van der Waals surface area contributed by atoms with Crippen LogP contribution in [0.15, 0.2) is 17.3 Å². The Balaban J connectivity index is 3.69. The summed E-state index contributed by atoms with van der Waals surface area (Å²) in [5.74, 6) is 0.308. The lowest BCUT2D eigenvalue weighted by Crippen LogP contribution is -2.26. The van der Waals surface area contributed by atoms with Gasteiger partial charge in [0.05, 0.1) is 7.11 Å². The fraction of sp³-hybridized carbons (Fsp3) is 0.533. The maximum absolute atomic E-state index is 13.0. The molecule has 0 amide bonds. The van der Waals surface area contributed by atoms with E-state index in [0.717, 1.165) is 5.56 Å². The van der Waals surface area contributed by atoms with Gasteiger partial charge >= 0.3 is 6.18 Å². The van der Waals surface area contributed by atoms with Crippen molar-refractivity contribution in [3.8, 4) is 5.75 Å². The Morgan fingerprint density at radius 2 is 1.71 bits per heavy atom. The summed E-state index contributed by atoms with van der Waals surface area (Å²) in [6.45, 7) is 7.42. The predicted octanol–water partition coefficient (Wildman–Crippen LogP) is 4.68. The second kappa shape index (κ2) is 6.37. The largest absolute Gasteiger partial charge is 0.496 e. The fourth-order valence-electron chi connectivity index (χ4n) is 2.34. The van der Waals surface area contributed by atoms with E-state index in [1.807, 2.05) is 13.8 Å². The zero-order valence-corrected chi connectivity index (χ0v) is 12.7. The fourth-order valence-corrected chi connectivity index (χ4v) is 2.34. The predicted molar refractivity (Wildman–Crippen MR) is 75.6 cm³/mol. The van der Waals surface area contributed by atoms with Crippen LogP contribution in [0, 0.1) is 0 Å². The highest BCUT2D eigenvalue weighted by Crippen LogP contribution is 2.39. The number of hydrogen-bond donors (Lipinski definition) is 1. The standard InChI is InChI=1S/C15H20F3NO2/c1-8(2)10-6-7-11(14(19-20)15(16,17)18)12(9(3)4)13(10)21-5/h6-9,20H,1-5H3/b19-14-. The number of rotatable bonds is 4. The molecule has 0 heterocycles. The Kier molecular flexibility index (Phi) is 5.25. The van der Waals surface area contributed by atoms with Gasteiger partial charge in [0.2, 0.25) is 0 Å². The van der Waals surface area contributed by atoms with E-state index in [1.54, 1.807) is 19.9 Å². The van der Waals surface area contributed by atoms with E-state index in [0.29, 0.717) is 11.3 Å². The lowest BCUT2D eigenvalue weighted by Gasteiger charge is -2.22. The number of methoxy groups -OCH3 is 1. The van der Waals surface area contributed by atoms with Crippen LogP contribution in [0.3, 0.4) is 0 Å². The average molecular weight is 303 g/mol. The molecule has 0 saturated heterocycles. The van der Waals surface area contributed by atoms with E-state index in [2.05, 4.69) is 5.16 Å². The first-order valence-electron chi connectivity index (χ1n) is 6.65. The third kappa shape index (κ3) is 3.49. The quantitative estimate of drug-likeness (QED) is 0.498. The third-order valence-corrected chi connectivity index (χ3v) is 3.25. The van der Waals surface area contributed by atoms with Crippen LogP contribution >= 0.6 is 0 Å². The zero-order chi connectivity index (χ0) is 16.4. The van der Waals surface area contributed by atoms with Gasteiger partial charge in [0, 0.05) is 11.1 Å². The first-order valence-corrected chi connectivity index (χ1v) is 6.65. The Morgan fingerprint density at radius 1 is 1.14 bits per heavy atom. The van der Waals surface area contributed by atoms with Crippen molar-refractivity contribution < 1.29 is 23.1 Å². The normalized spacial score (nSPS) is 13.1. The summed E-state index contributed by atoms with van der Waals surface area (Å²) in [4.78, 5) is 0. The minimum absolute atomic E-state index is 0.104. The molecule has 0 aliphatic rings. The van der Waals surface area contributed by atoms with Gasteiger partial charge in [-0.15, -0.1) is 0 Å². The maximum Gasteiger partial charge on any atom is 0.437 e. The molecule has 0 fully saturated rings. The molecule has 1 aromatic carbocycles. The number of halogens is 3. The van der Waals surface area contributed by atoms with Crippen LogP contribution < -0.4 is 4.74 Å². The maximum atomic E-state index is 13.0. The minimum Gasteiger partial charge on any atom is -0.496 e. The van der Waals surface area contributed by atoms with Gasteiger partial charge in [-0.2, -0.15) is 13.2 Å². The van der Waals surface area contributed by atoms with Gasteiger partial charge in [-0.25, -0.2) is 0 Å². The summed E-state index contributed by atoms with van der Waals surface area (Å²) in [5, 5.41) is 11.2. The molecule has 0 bridgehead atoms. The first-order chi connectivity index (χ1) is 9.65. The molecule has 1 N–H and O–H groups in total. The van der Waals surface area contributed by atoms with E-state index < -0.39 is 11.9 Å². The molecule has 0 aliphatic heterocycles. The lowest BCUT2D eigenvalue weighted by atomic mass is 9.88. The van der Waals surface area contributed by atoms with Crippen molar-refractivity contribution in [2.75, 3.05) is 7.11 Å². The molecule has 3 nitrogen and oxygen atoms in total. The van der Waals surface area contributed by atoms with Gasteiger partial charge in [0.25, 0.3) is 0 Å². The average Bonchev–Trinajstić information content (AvgIpc) is 2.36. The van der Waals surface area contributed by atoms with E-state index >= 15 is 0 Å². The highest BCUT2D eigenvalue weighted by atomic mass is 19.4. The van der Waals surface area contributed by atoms with Crippen LogP contribution in [0.1, 0.15) is 56.2 Å². The number of alkyl halides is 3. The summed E-state index contributed by atoms with van der Waals surface area (Å²) >= 11 is 0.